The van der Waals surface area contributed by atoms with Gasteiger partial charge in [-0.1, -0.05) is 79.7 Å². The fraction of sp³-hybridized carbons (Fsp3) is 0.818. The molecule has 0 N–H and O–H groups in total. The third-order valence-corrected chi connectivity index (χ3v) is 5.89. The van der Waals surface area contributed by atoms with Gasteiger partial charge in [0.05, 0.1) is 11.2 Å². The van der Waals surface area contributed by atoms with Crippen molar-refractivity contribution in [2.24, 2.45) is 23.7 Å². The normalized spacial score (nSPS) is 12.1. The minimum absolute atomic E-state index is 0. The molecule has 0 amide bonds. The molecule has 0 aromatic rings. The molecule has 0 fully saturated rings. The number of allylic oxidation sites excluding steroid dienone is 2. The van der Waals surface area contributed by atoms with E-state index in [1.54, 1.807) is 14.2 Å². The summed E-state index contributed by atoms with van der Waals surface area (Å²) >= 11 is 0. The molecule has 0 aromatic heterocycles. The maximum atomic E-state index is 5.67. The number of hydrogen-bond donors (Lipinski definition) is 0. The van der Waals surface area contributed by atoms with E-state index in [0.29, 0.717) is 23.7 Å². The van der Waals surface area contributed by atoms with Gasteiger partial charge in [0, 0.05) is 14.2 Å². The third-order valence-electron chi connectivity index (χ3n) is 5.35. The molecule has 0 spiro atoms. The van der Waals surface area contributed by atoms with Gasteiger partial charge in [0.25, 0.3) is 0 Å². The van der Waals surface area contributed by atoms with Crippen LogP contribution in [0.1, 0.15) is 55.4 Å². The van der Waals surface area contributed by atoms with Gasteiger partial charge < -0.3 is 34.3 Å². The van der Waals surface area contributed by atoms with Gasteiger partial charge in [0.2, 0.25) is 0 Å². The molecule has 2 atom stereocenters. The second-order valence-corrected chi connectivity index (χ2v) is 8.95. The van der Waals surface area contributed by atoms with E-state index in [-0.39, 0.29) is 56.4 Å². The summed E-state index contributed by atoms with van der Waals surface area (Å²) in [5, 5.41) is 0. The number of ether oxygens (including phenoxy) is 2. The minimum atomic E-state index is -0.101. The first kappa shape index (κ1) is 40.8. The molecule has 0 aliphatic carbocycles. The van der Waals surface area contributed by atoms with Crippen LogP contribution in [0.25, 0.3) is 0 Å². The Morgan fingerprint density at radius 1 is 0.621 bits per heavy atom. The Balaban J connectivity index is -0.000000120. The molecule has 0 saturated heterocycles. The summed E-state index contributed by atoms with van der Waals surface area (Å²) in [4.78, 5) is 0. The third kappa shape index (κ3) is 13.0. The van der Waals surface area contributed by atoms with Crippen molar-refractivity contribution in [3.8, 4) is 0 Å². The van der Waals surface area contributed by atoms with Crippen LogP contribution in [0.2, 0.25) is 0 Å². The van der Waals surface area contributed by atoms with Crippen LogP contribution in [0.15, 0.2) is 24.3 Å². The van der Waals surface area contributed by atoms with Crippen LogP contribution < -0.4 is 24.8 Å². The van der Waals surface area contributed by atoms with Crippen LogP contribution in [0, 0.1) is 23.7 Å². The first-order chi connectivity index (χ1) is 12.0. The van der Waals surface area contributed by atoms with Gasteiger partial charge in [0.15, 0.2) is 0 Å². The summed E-state index contributed by atoms with van der Waals surface area (Å²) in [5.74, 6) is 2.02. The topological polar surface area (TPSA) is 18.5 Å². The number of halogens is 2. The van der Waals surface area contributed by atoms with Crippen molar-refractivity contribution >= 4 is 18.5 Å². The maximum absolute atomic E-state index is 5.67. The van der Waals surface area contributed by atoms with E-state index in [1.165, 1.54) is 0 Å². The van der Waals surface area contributed by atoms with Crippen LogP contribution in [-0.2, 0) is 29.9 Å². The monoisotopic (exact) mass is 580 g/mol. The SMILES string of the molecule is COC(C=CCP)(C(C)C)C(C)C.COC(C=CCP)(C(C)C)C(C)C.[Cl-].[Cl-].[Pd+2]. The van der Waals surface area contributed by atoms with Crippen LogP contribution in [0.5, 0.6) is 0 Å². The molecule has 0 aromatic carbocycles. The van der Waals surface area contributed by atoms with Crippen LogP contribution in [0.3, 0.4) is 0 Å². The van der Waals surface area contributed by atoms with Gasteiger partial charge in [0.1, 0.15) is 0 Å². The molecular formula is C22H46Cl2O2P2Pd. The summed E-state index contributed by atoms with van der Waals surface area (Å²) in [5.41, 5.74) is -0.201. The van der Waals surface area contributed by atoms with Crippen molar-refractivity contribution < 1.29 is 54.7 Å². The summed E-state index contributed by atoms with van der Waals surface area (Å²) in [7, 11) is 9.00. The van der Waals surface area contributed by atoms with Crippen LogP contribution in [0.4, 0.5) is 0 Å². The second-order valence-electron chi connectivity index (χ2n) is 8.01. The molecule has 2 unspecified atom stereocenters. The predicted octanol–water partition coefficient (Wildman–Crippen LogP) is 0.235. The molecule has 0 bridgehead atoms. The predicted molar refractivity (Wildman–Crippen MR) is 126 cm³/mol. The van der Waals surface area contributed by atoms with Gasteiger partial charge in [-0.3, -0.25) is 0 Å². The minimum Gasteiger partial charge on any atom is -1.00 e. The van der Waals surface area contributed by atoms with Gasteiger partial charge >= 0.3 is 20.4 Å². The molecule has 0 heterocycles. The molecule has 7 heteroatoms. The van der Waals surface area contributed by atoms with E-state index in [1.807, 2.05) is 0 Å². The zero-order valence-electron chi connectivity index (χ0n) is 20.1. The Hall–Kier alpha value is 1.50. The van der Waals surface area contributed by atoms with Crippen LogP contribution >= 0.6 is 18.5 Å². The van der Waals surface area contributed by atoms with Crippen molar-refractivity contribution in [3.05, 3.63) is 24.3 Å². The Kier molecular flexibility index (Phi) is 30.1. The van der Waals surface area contributed by atoms with Crippen molar-refractivity contribution in [1.82, 2.24) is 0 Å². The van der Waals surface area contributed by atoms with Crippen molar-refractivity contribution in [1.29, 1.82) is 0 Å². The van der Waals surface area contributed by atoms with E-state index < -0.39 is 0 Å². The Morgan fingerprint density at radius 3 is 0.931 bits per heavy atom. The van der Waals surface area contributed by atoms with Crippen molar-refractivity contribution in [2.75, 3.05) is 26.5 Å². The molecule has 2 nitrogen and oxygen atoms in total. The van der Waals surface area contributed by atoms with Gasteiger partial charge in [-0.2, -0.15) is 0 Å². The number of methoxy groups -OCH3 is 2. The molecule has 29 heavy (non-hydrogen) atoms. The number of hydrogen-bond acceptors (Lipinski definition) is 2. The zero-order chi connectivity index (χ0) is 21.0. The van der Waals surface area contributed by atoms with E-state index in [2.05, 4.69) is 98.2 Å². The van der Waals surface area contributed by atoms with Crippen molar-refractivity contribution in [2.45, 2.75) is 66.6 Å². The molecule has 0 radical (unpaired) electrons. The summed E-state index contributed by atoms with van der Waals surface area (Å²) < 4.78 is 11.3. The molecule has 180 valence electrons. The number of rotatable bonds is 10. The van der Waals surface area contributed by atoms with Crippen LogP contribution in [-0.4, -0.2) is 37.7 Å². The van der Waals surface area contributed by atoms with E-state index in [0.717, 1.165) is 12.3 Å². The second kappa shape index (κ2) is 21.4. The van der Waals surface area contributed by atoms with E-state index in [9.17, 15) is 0 Å². The van der Waals surface area contributed by atoms with Crippen molar-refractivity contribution in [3.63, 3.8) is 0 Å². The average Bonchev–Trinajstić information content (AvgIpc) is 2.56. The summed E-state index contributed by atoms with van der Waals surface area (Å²) in [6.07, 6.45) is 10.7. The van der Waals surface area contributed by atoms with E-state index in [4.69, 9.17) is 9.47 Å². The first-order valence-electron chi connectivity index (χ1n) is 9.88. The zero-order valence-corrected chi connectivity index (χ0v) is 25.5. The Bertz CT molecular complexity index is 362. The summed E-state index contributed by atoms with van der Waals surface area (Å²) in [6, 6.07) is 0. The van der Waals surface area contributed by atoms with Gasteiger partial charge in [-0.15, -0.1) is 18.5 Å². The van der Waals surface area contributed by atoms with E-state index >= 15 is 0 Å². The fourth-order valence-corrected chi connectivity index (χ4v) is 3.96. The maximum Gasteiger partial charge on any atom is 2.00 e. The standard InChI is InChI=1S/2C11H23OP.2ClH.Pd/c2*1-9(2)11(12-5,10(3)4)7-6-8-13;;;/h2*6-7,9-10H,8,13H2,1-5H3;2*1H;/q;;;;+2/p-2. The van der Waals surface area contributed by atoms with Gasteiger partial charge in [-0.05, 0) is 36.0 Å². The van der Waals surface area contributed by atoms with Gasteiger partial charge in [-0.25, -0.2) is 0 Å². The average molecular weight is 582 g/mol. The largest absolute Gasteiger partial charge is 2.00 e. The first-order valence-corrected chi connectivity index (χ1v) is 11.5. The molecule has 0 aliphatic heterocycles. The molecule has 0 saturated carbocycles. The molecule has 0 rings (SSSR count). The smallest absolute Gasteiger partial charge is 1.00 e. The molecular weight excluding hydrogens is 536 g/mol. The Labute approximate surface area is 213 Å². The Morgan fingerprint density at radius 2 is 0.828 bits per heavy atom. The fourth-order valence-electron chi connectivity index (χ4n) is 3.69. The molecule has 0 aliphatic rings. The quantitative estimate of drug-likeness (QED) is 0.209. The summed E-state index contributed by atoms with van der Waals surface area (Å²) in [6.45, 7) is 17.6.